The molecule has 0 saturated carbocycles. The molecule has 0 fully saturated rings. The summed E-state index contributed by atoms with van der Waals surface area (Å²) in [6.45, 7) is 13.1. The number of hydrogen-bond acceptors (Lipinski definition) is 9. The first-order valence-corrected chi connectivity index (χ1v) is 22.2. The summed E-state index contributed by atoms with van der Waals surface area (Å²) in [5.41, 5.74) is 4.50. The number of ether oxygens (including phenoxy) is 3. The van der Waals surface area contributed by atoms with E-state index < -0.39 is 18.3 Å². The van der Waals surface area contributed by atoms with E-state index in [0.29, 0.717) is 36.3 Å². The Hall–Kier alpha value is -5.52. The molecule has 0 aliphatic rings. The van der Waals surface area contributed by atoms with Gasteiger partial charge in [0.05, 0.1) is 36.9 Å². The molecule has 0 unspecified atom stereocenters. The van der Waals surface area contributed by atoms with Crippen molar-refractivity contribution >= 4 is 53.2 Å². The Morgan fingerprint density at radius 2 is 0.633 bits per heavy atom. The highest BCUT2D eigenvalue weighted by Gasteiger charge is 2.32. The van der Waals surface area contributed by atoms with Crippen molar-refractivity contribution in [1.82, 2.24) is 15.0 Å². The SMILES string of the molecule is CCCCCCOC(=O)N(c1ccc(CC)cc1)c1nc(N(C(=O)OCCCCCC)c2ccc(CC)cc2)nc(N(C(=O)OCCCCCC)c2ccc(CC)cc2)n1. The Morgan fingerprint density at radius 3 is 0.850 bits per heavy atom. The highest BCUT2D eigenvalue weighted by molar-refractivity contribution is 5.98. The van der Waals surface area contributed by atoms with Crippen LogP contribution in [0.1, 0.15) is 135 Å². The van der Waals surface area contributed by atoms with Crippen LogP contribution in [0.4, 0.5) is 49.3 Å². The number of nitrogens with zero attached hydrogens (tertiary/aromatic N) is 6. The Balaban J connectivity index is 1.97. The Bertz CT molecular complexity index is 1660. The largest absolute Gasteiger partial charge is 0.449 e. The maximum Gasteiger partial charge on any atom is 0.421 e. The van der Waals surface area contributed by atoms with E-state index in [-0.39, 0.29) is 37.7 Å². The molecule has 3 amide bonds. The van der Waals surface area contributed by atoms with Crippen molar-refractivity contribution in [2.75, 3.05) is 34.5 Å². The first-order valence-electron chi connectivity index (χ1n) is 22.2. The van der Waals surface area contributed by atoms with Crippen LogP contribution in [-0.4, -0.2) is 53.1 Å². The summed E-state index contributed by atoms with van der Waals surface area (Å²) in [4.78, 5) is 61.2. The Kier molecular flexibility index (Phi) is 20.3. The van der Waals surface area contributed by atoms with Gasteiger partial charge in [-0.05, 0) is 91.6 Å². The smallest absolute Gasteiger partial charge is 0.421 e. The molecule has 0 N–H and O–H groups in total. The van der Waals surface area contributed by atoms with Gasteiger partial charge in [0.1, 0.15) is 0 Å². The lowest BCUT2D eigenvalue weighted by Crippen LogP contribution is -2.35. The van der Waals surface area contributed by atoms with E-state index in [1.165, 1.54) is 14.7 Å². The summed E-state index contributed by atoms with van der Waals surface area (Å²) in [6.07, 6.45) is 11.2. The monoisotopic (exact) mass is 823 g/mol. The summed E-state index contributed by atoms with van der Waals surface area (Å²) in [5, 5.41) is 0. The summed E-state index contributed by atoms with van der Waals surface area (Å²) in [7, 11) is 0. The average Bonchev–Trinajstić information content (AvgIpc) is 3.27. The number of unbranched alkanes of at least 4 members (excludes halogenated alkanes) is 9. The highest BCUT2D eigenvalue weighted by Crippen LogP contribution is 2.33. The molecule has 0 radical (unpaired) electrons. The molecule has 0 saturated heterocycles. The van der Waals surface area contributed by atoms with Gasteiger partial charge in [-0.2, -0.15) is 15.0 Å². The molecule has 12 heteroatoms. The van der Waals surface area contributed by atoms with E-state index in [1.807, 2.05) is 36.4 Å². The van der Waals surface area contributed by atoms with Gasteiger partial charge in [0, 0.05) is 0 Å². The van der Waals surface area contributed by atoms with Crippen molar-refractivity contribution in [2.24, 2.45) is 0 Å². The number of amides is 3. The fraction of sp³-hybridized carbons (Fsp3) is 0.500. The second-order valence-electron chi connectivity index (χ2n) is 14.8. The van der Waals surface area contributed by atoms with Crippen LogP contribution in [0.25, 0.3) is 0 Å². The van der Waals surface area contributed by atoms with Gasteiger partial charge in [0.25, 0.3) is 0 Å². The summed E-state index contributed by atoms with van der Waals surface area (Å²) in [6, 6.07) is 22.4. The quantitative estimate of drug-likeness (QED) is 0.0501. The first-order chi connectivity index (χ1) is 29.3. The minimum atomic E-state index is -0.714. The predicted octanol–water partition coefficient (Wildman–Crippen LogP) is 13.1. The van der Waals surface area contributed by atoms with Gasteiger partial charge in [-0.3, -0.25) is 0 Å². The summed E-state index contributed by atoms with van der Waals surface area (Å²) >= 11 is 0. The zero-order valence-corrected chi connectivity index (χ0v) is 36.8. The number of aryl methyl sites for hydroxylation is 3. The Morgan fingerprint density at radius 1 is 0.383 bits per heavy atom. The van der Waals surface area contributed by atoms with Crippen molar-refractivity contribution in [2.45, 2.75) is 138 Å². The molecule has 60 heavy (non-hydrogen) atoms. The molecule has 0 atom stereocenters. The van der Waals surface area contributed by atoms with E-state index in [0.717, 1.165) is 93.7 Å². The molecule has 0 spiro atoms. The van der Waals surface area contributed by atoms with Gasteiger partial charge in [-0.15, -0.1) is 0 Å². The van der Waals surface area contributed by atoms with E-state index in [1.54, 1.807) is 36.4 Å². The minimum Gasteiger partial charge on any atom is -0.449 e. The molecule has 3 aromatic carbocycles. The molecular weight excluding hydrogens is 757 g/mol. The van der Waals surface area contributed by atoms with Gasteiger partial charge in [0.15, 0.2) is 0 Å². The normalized spacial score (nSPS) is 10.9. The number of carbonyl (C=O) groups excluding carboxylic acids is 3. The van der Waals surface area contributed by atoms with Crippen LogP contribution in [0.5, 0.6) is 0 Å². The van der Waals surface area contributed by atoms with Gasteiger partial charge in [-0.25, -0.2) is 29.1 Å². The van der Waals surface area contributed by atoms with Crippen LogP contribution in [0.3, 0.4) is 0 Å². The van der Waals surface area contributed by atoms with Crippen LogP contribution in [0, 0.1) is 0 Å². The number of aromatic nitrogens is 3. The molecule has 0 bridgehead atoms. The third kappa shape index (κ3) is 14.1. The van der Waals surface area contributed by atoms with Gasteiger partial charge < -0.3 is 14.2 Å². The van der Waals surface area contributed by atoms with E-state index in [2.05, 4.69) is 41.5 Å². The lowest BCUT2D eigenvalue weighted by Gasteiger charge is -2.27. The number of anilines is 6. The zero-order valence-electron chi connectivity index (χ0n) is 36.8. The lowest BCUT2D eigenvalue weighted by molar-refractivity contribution is 0.153. The third-order valence-electron chi connectivity index (χ3n) is 10.2. The summed E-state index contributed by atoms with van der Waals surface area (Å²) in [5.74, 6) is -0.473. The number of hydrogen-bond donors (Lipinski definition) is 0. The van der Waals surface area contributed by atoms with Gasteiger partial charge >= 0.3 is 18.3 Å². The summed E-state index contributed by atoms with van der Waals surface area (Å²) < 4.78 is 17.6. The zero-order chi connectivity index (χ0) is 43.1. The second kappa shape index (κ2) is 25.9. The lowest BCUT2D eigenvalue weighted by atomic mass is 10.1. The highest BCUT2D eigenvalue weighted by atomic mass is 16.6. The molecular formula is C48H66N6O6. The average molecular weight is 823 g/mol. The van der Waals surface area contributed by atoms with E-state index in [9.17, 15) is 14.4 Å². The van der Waals surface area contributed by atoms with E-state index >= 15 is 0 Å². The van der Waals surface area contributed by atoms with Crippen LogP contribution in [0.15, 0.2) is 72.8 Å². The predicted molar refractivity (Wildman–Crippen MR) is 240 cm³/mol. The van der Waals surface area contributed by atoms with Crippen LogP contribution in [-0.2, 0) is 33.5 Å². The maximum absolute atomic E-state index is 14.3. The number of benzene rings is 3. The molecule has 4 aromatic rings. The van der Waals surface area contributed by atoms with Crippen molar-refractivity contribution in [3.8, 4) is 0 Å². The fourth-order valence-electron chi connectivity index (χ4n) is 6.45. The molecule has 0 aliphatic carbocycles. The topological polar surface area (TPSA) is 127 Å². The van der Waals surface area contributed by atoms with Crippen molar-refractivity contribution in [3.05, 3.63) is 89.5 Å². The first kappa shape index (κ1) is 47.2. The molecule has 324 valence electrons. The minimum absolute atomic E-state index is 0.158. The molecule has 4 rings (SSSR count). The molecule has 1 heterocycles. The molecule has 12 nitrogen and oxygen atoms in total. The maximum atomic E-state index is 14.3. The van der Waals surface area contributed by atoms with Gasteiger partial charge in [0.2, 0.25) is 17.8 Å². The molecule has 0 aliphatic heterocycles. The van der Waals surface area contributed by atoms with Crippen LogP contribution in [0.2, 0.25) is 0 Å². The Labute approximate surface area is 357 Å². The van der Waals surface area contributed by atoms with E-state index in [4.69, 9.17) is 29.2 Å². The third-order valence-corrected chi connectivity index (χ3v) is 10.2. The fourth-order valence-corrected chi connectivity index (χ4v) is 6.45. The van der Waals surface area contributed by atoms with Crippen molar-refractivity contribution < 1.29 is 28.6 Å². The van der Waals surface area contributed by atoms with Crippen molar-refractivity contribution in [1.29, 1.82) is 0 Å². The number of carbonyl (C=O) groups is 3. The van der Waals surface area contributed by atoms with Crippen LogP contribution < -0.4 is 14.7 Å². The van der Waals surface area contributed by atoms with Crippen molar-refractivity contribution in [3.63, 3.8) is 0 Å². The molecule has 1 aromatic heterocycles. The standard InChI is InChI=1S/C48H66N6O6/c1-7-13-16-19-34-58-46(55)52(40-28-22-37(10-4)23-29-40)43-49-44(53(41-30-24-38(11-5)25-31-41)47(56)59-35-20-17-14-8-2)51-45(50-43)54(42-32-26-39(12-6)27-33-42)48(57)60-36-21-18-15-9-3/h22-33H,7-21,34-36H2,1-6H3. The van der Waals surface area contributed by atoms with Crippen LogP contribution >= 0.6 is 0 Å². The number of rotatable bonds is 24. The van der Waals surface area contributed by atoms with Gasteiger partial charge in [-0.1, -0.05) is 136 Å². The second-order valence-corrected chi connectivity index (χ2v) is 14.8.